The van der Waals surface area contributed by atoms with Gasteiger partial charge in [0.1, 0.15) is 5.75 Å². The molecule has 1 unspecified atom stereocenters. The van der Waals surface area contributed by atoms with E-state index in [1.165, 1.54) is 11.3 Å². The third kappa shape index (κ3) is 4.80. The van der Waals surface area contributed by atoms with Crippen molar-refractivity contribution in [1.82, 2.24) is 10.9 Å². The lowest BCUT2D eigenvalue weighted by molar-refractivity contribution is -0.128. The highest BCUT2D eigenvalue weighted by Gasteiger charge is 2.17. The number of hydrogen-bond donors (Lipinski definition) is 2. The van der Waals surface area contributed by atoms with E-state index < -0.39 is 12.0 Å². The lowest BCUT2D eigenvalue weighted by Gasteiger charge is -2.15. The van der Waals surface area contributed by atoms with Gasteiger partial charge in [0.25, 0.3) is 11.8 Å². The third-order valence-corrected chi connectivity index (χ3v) is 4.52. The predicted octanol–water partition coefficient (Wildman–Crippen LogP) is 3.36. The molecule has 0 saturated heterocycles. The van der Waals surface area contributed by atoms with E-state index in [2.05, 4.69) is 26.8 Å². The van der Waals surface area contributed by atoms with Gasteiger partial charge in [0.05, 0.1) is 5.56 Å². The van der Waals surface area contributed by atoms with Crippen LogP contribution in [0, 0.1) is 13.8 Å². The zero-order valence-electron chi connectivity index (χ0n) is 13.0. The molecule has 122 valence electrons. The summed E-state index contributed by atoms with van der Waals surface area (Å²) in [7, 11) is 0. The molecule has 23 heavy (non-hydrogen) atoms. The van der Waals surface area contributed by atoms with Crippen molar-refractivity contribution in [1.29, 1.82) is 0 Å². The lowest BCUT2D eigenvalue weighted by atomic mass is 10.2. The van der Waals surface area contributed by atoms with Crippen LogP contribution in [0.4, 0.5) is 0 Å². The van der Waals surface area contributed by atoms with Gasteiger partial charge in [0, 0.05) is 14.2 Å². The van der Waals surface area contributed by atoms with Crippen LogP contribution in [-0.2, 0) is 4.79 Å². The number of carbonyl (C=O) groups is 2. The van der Waals surface area contributed by atoms with Gasteiger partial charge < -0.3 is 4.74 Å². The van der Waals surface area contributed by atoms with Gasteiger partial charge in [0.15, 0.2) is 6.10 Å². The lowest BCUT2D eigenvalue weighted by Crippen LogP contribution is -2.47. The minimum atomic E-state index is -0.741. The number of halogens is 1. The fourth-order valence-corrected chi connectivity index (χ4v) is 3.24. The van der Waals surface area contributed by atoms with E-state index in [1.54, 1.807) is 25.1 Å². The summed E-state index contributed by atoms with van der Waals surface area (Å²) in [6.45, 7) is 5.41. The van der Waals surface area contributed by atoms with E-state index >= 15 is 0 Å². The Bertz CT molecular complexity index is 730. The number of nitrogens with one attached hydrogen (secondary N) is 2. The molecule has 5 nitrogen and oxygen atoms in total. The number of hydrazine groups is 1. The summed E-state index contributed by atoms with van der Waals surface area (Å²) in [6, 6.07) is 8.99. The Hall–Kier alpha value is -1.86. The summed E-state index contributed by atoms with van der Waals surface area (Å²) >= 11 is 4.88. The minimum Gasteiger partial charge on any atom is -0.481 e. The first kappa shape index (κ1) is 17.5. The maximum absolute atomic E-state index is 12.0. The molecule has 1 aromatic heterocycles. The van der Waals surface area contributed by atoms with Crippen LogP contribution in [0.5, 0.6) is 5.75 Å². The Kier molecular flexibility index (Phi) is 5.79. The Morgan fingerprint density at radius 1 is 1.22 bits per heavy atom. The van der Waals surface area contributed by atoms with E-state index in [1.807, 2.05) is 26.0 Å². The Morgan fingerprint density at radius 2 is 1.96 bits per heavy atom. The molecule has 7 heteroatoms. The zero-order chi connectivity index (χ0) is 17.0. The monoisotopic (exact) mass is 396 g/mol. The van der Waals surface area contributed by atoms with Crippen molar-refractivity contribution < 1.29 is 14.3 Å². The fourth-order valence-electron chi connectivity index (χ4n) is 1.94. The van der Waals surface area contributed by atoms with Gasteiger partial charge in [-0.2, -0.15) is 0 Å². The molecule has 0 fully saturated rings. The van der Waals surface area contributed by atoms with E-state index in [4.69, 9.17) is 4.74 Å². The van der Waals surface area contributed by atoms with Crippen LogP contribution in [0.25, 0.3) is 0 Å². The second-order valence-corrected chi connectivity index (χ2v) is 7.36. The van der Waals surface area contributed by atoms with Crippen molar-refractivity contribution in [3.05, 3.63) is 50.1 Å². The van der Waals surface area contributed by atoms with E-state index in [9.17, 15) is 9.59 Å². The zero-order valence-corrected chi connectivity index (χ0v) is 15.4. The molecule has 0 spiro atoms. The average Bonchev–Trinajstić information content (AvgIpc) is 2.83. The van der Waals surface area contributed by atoms with Crippen LogP contribution >= 0.6 is 27.3 Å². The molecule has 2 amide bonds. The number of benzene rings is 1. The molecule has 2 aromatic rings. The van der Waals surface area contributed by atoms with Gasteiger partial charge in [-0.25, -0.2) is 0 Å². The first-order chi connectivity index (χ1) is 10.9. The molecule has 1 aromatic carbocycles. The normalized spacial score (nSPS) is 11.7. The first-order valence-electron chi connectivity index (χ1n) is 6.96. The first-order valence-corrected chi connectivity index (χ1v) is 8.57. The molecule has 1 heterocycles. The number of hydrogen-bond acceptors (Lipinski definition) is 4. The van der Waals surface area contributed by atoms with Gasteiger partial charge in [-0.1, -0.05) is 22.0 Å². The Balaban J connectivity index is 1.89. The number of rotatable bonds is 4. The Morgan fingerprint density at radius 3 is 2.57 bits per heavy atom. The number of aryl methyl sites for hydroxylation is 2. The van der Waals surface area contributed by atoms with Gasteiger partial charge in [0.2, 0.25) is 0 Å². The van der Waals surface area contributed by atoms with Crippen LogP contribution < -0.4 is 15.6 Å². The molecule has 2 N–H and O–H groups in total. The molecular weight excluding hydrogens is 380 g/mol. The molecule has 0 aliphatic heterocycles. The third-order valence-electron chi connectivity index (χ3n) is 3.06. The van der Waals surface area contributed by atoms with E-state index in [0.717, 1.165) is 14.2 Å². The smallest absolute Gasteiger partial charge is 0.279 e. The summed E-state index contributed by atoms with van der Waals surface area (Å²) in [4.78, 5) is 26.0. The second kappa shape index (κ2) is 7.61. The van der Waals surface area contributed by atoms with E-state index in [0.29, 0.717) is 11.3 Å². The largest absolute Gasteiger partial charge is 0.481 e. The van der Waals surface area contributed by atoms with Crippen LogP contribution in [-0.4, -0.2) is 17.9 Å². The molecular formula is C16H17BrN2O3S. The highest BCUT2D eigenvalue weighted by Crippen LogP contribution is 2.20. The fraction of sp³-hybridized carbons (Fsp3) is 0.250. The van der Waals surface area contributed by atoms with Gasteiger partial charge in [-0.15, -0.1) is 11.3 Å². The van der Waals surface area contributed by atoms with Crippen molar-refractivity contribution in [3.63, 3.8) is 0 Å². The van der Waals surface area contributed by atoms with Crippen molar-refractivity contribution >= 4 is 39.1 Å². The molecule has 0 aliphatic carbocycles. The highest BCUT2D eigenvalue weighted by atomic mass is 79.9. The summed E-state index contributed by atoms with van der Waals surface area (Å²) in [5, 5.41) is 0. The van der Waals surface area contributed by atoms with Crippen molar-refractivity contribution in [2.45, 2.75) is 26.9 Å². The number of ether oxygens (including phenoxy) is 1. The molecule has 0 saturated carbocycles. The summed E-state index contributed by atoms with van der Waals surface area (Å²) in [5.41, 5.74) is 5.35. The van der Waals surface area contributed by atoms with Crippen molar-refractivity contribution in [3.8, 4) is 5.75 Å². The van der Waals surface area contributed by atoms with Crippen LogP contribution in [0.1, 0.15) is 27.0 Å². The van der Waals surface area contributed by atoms with Gasteiger partial charge in [-0.05, 0) is 45.0 Å². The Labute approximate surface area is 147 Å². The quantitative estimate of drug-likeness (QED) is 0.778. The second-order valence-electron chi connectivity index (χ2n) is 4.99. The van der Waals surface area contributed by atoms with Gasteiger partial charge >= 0.3 is 0 Å². The maximum atomic E-state index is 12.0. The predicted molar refractivity (Wildman–Crippen MR) is 93.6 cm³/mol. The van der Waals surface area contributed by atoms with Crippen molar-refractivity contribution in [2.75, 3.05) is 0 Å². The minimum absolute atomic E-state index is 0.338. The summed E-state index contributed by atoms with van der Waals surface area (Å²) < 4.78 is 6.39. The highest BCUT2D eigenvalue weighted by molar-refractivity contribution is 9.10. The molecule has 0 aliphatic rings. The molecule has 1 atom stereocenters. The van der Waals surface area contributed by atoms with Crippen LogP contribution in [0.2, 0.25) is 0 Å². The van der Waals surface area contributed by atoms with Crippen molar-refractivity contribution in [2.24, 2.45) is 0 Å². The topological polar surface area (TPSA) is 67.4 Å². The number of carbonyl (C=O) groups excluding carboxylic acids is 2. The van der Waals surface area contributed by atoms with Gasteiger partial charge in [-0.3, -0.25) is 20.4 Å². The van der Waals surface area contributed by atoms with Crippen LogP contribution in [0.15, 0.2) is 34.8 Å². The average molecular weight is 397 g/mol. The number of amides is 2. The standard InChI is InChI=1S/C16H17BrN2O3S/c1-9-7-14(11(3)23-9)16(21)19-18-15(20)10(2)22-13-6-4-5-12(17)8-13/h4-8,10H,1-3H3,(H,18,20)(H,19,21). The summed E-state index contributed by atoms with van der Waals surface area (Å²) in [5.74, 6) is -0.199. The molecule has 2 rings (SSSR count). The van der Waals surface area contributed by atoms with E-state index in [-0.39, 0.29) is 5.91 Å². The number of thiophene rings is 1. The molecule has 0 bridgehead atoms. The molecule has 0 radical (unpaired) electrons. The van der Waals surface area contributed by atoms with Crippen LogP contribution in [0.3, 0.4) is 0 Å². The SMILES string of the molecule is Cc1cc(C(=O)NNC(=O)C(C)Oc2cccc(Br)c2)c(C)s1. The summed E-state index contributed by atoms with van der Waals surface area (Å²) in [6.07, 6.45) is -0.741. The maximum Gasteiger partial charge on any atom is 0.279 e.